The quantitative estimate of drug-likeness (QED) is 0.776. The Morgan fingerprint density at radius 1 is 1.23 bits per heavy atom. The number of aromatic nitrogens is 1. The Balaban J connectivity index is 1.38. The third-order valence-corrected chi connectivity index (χ3v) is 5.09. The molecule has 136 valence electrons. The molecule has 0 amide bonds. The highest BCUT2D eigenvalue weighted by atomic mass is 16.5. The molecule has 2 heterocycles. The molecular weight excluding hydrogens is 324 g/mol. The topological polar surface area (TPSA) is 61.2 Å². The number of nitriles is 1. The molecule has 0 radical (unpaired) electrons. The van der Waals surface area contributed by atoms with Crippen molar-refractivity contribution in [1.82, 2.24) is 10.3 Å². The lowest BCUT2D eigenvalue weighted by molar-refractivity contribution is 0.373. The van der Waals surface area contributed by atoms with Crippen LogP contribution in [-0.4, -0.2) is 31.7 Å². The van der Waals surface area contributed by atoms with Crippen LogP contribution < -0.4 is 15.0 Å². The molecule has 1 aromatic heterocycles. The van der Waals surface area contributed by atoms with Gasteiger partial charge in [0.05, 0.1) is 12.7 Å². The summed E-state index contributed by atoms with van der Waals surface area (Å²) in [7, 11) is 1.59. The van der Waals surface area contributed by atoms with Gasteiger partial charge in [-0.1, -0.05) is 6.07 Å². The Hall–Kier alpha value is -2.58. The van der Waals surface area contributed by atoms with Gasteiger partial charge in [0, 0.05) is 37.7 Å². The maximum atomic E-state index is 9.16. The minimum Gasteiger partial charge on any atom is -0.495 e. The molecule has 1 fully saturated rings. The van der Waals surface area contributed by atoms with Crippen molar-refractivity contribution in [3.8, 4) is 11.8 Å². The number of nitrogens with zero attached hydrogens (tertiary/aromatic N) is 3. The predicted molar refractivity (Wildman–Crippen MR) is 103 cm³/mol. The zero-order valence-corrected chi connectivity index (χ0v) is 15.3. The summed E-state index contributed by atoms with van der Waals surface area (Å²) in [5.41, 5.74) is 2.99. The molecular formula is C21H26N4O. The molecule has 0 spiro atoms. The first kappa shape index (κ1) is 18.2. The van der Waals surface area contributed by atoms with Crippen molar-refractivity contribution in [1.29, 1.82) is 5.26 Å². The van der Waals surface area contributed by atoms with Gasteiger partial charge in [-0.2, -0.15) is 5.26 Å². The number of pyridine rings is 1. The van der Waals surface area contributed by atoms with Crippen LogP contribution in [0.15, 0.2) is 42.7 Å². The molecule has 5 heteroatoms. The highest BCUT2D eigenvalue weighted by Gasteiger charge is 2.18. The Morgan fingerprint density at radius 2 is 2.00 bits per heavy atom. The fraction of sp³-hybridized carbons (Fsp3) is 0.429. The zero-order chi connectivity index (χ0) is 18.2. The highest BCUT2D eigenvalue weighted by molar-refractivity contribution is 5.45. The van der Waals surface area contributed by atoms with E-state index in [1.54, 1.807) is 7.11 Å². The van der Waals surface area contributed by atoms with E-state index >= 15 is 0 Å². The van der Waals surface area contributed by atoms with Gasteiger partial charge < -0.3 is 15.0 Å². The molecule has 0 unspecified atom stereocenters. The van der Waals surface area contributed by atoms with Gasteiger partial charge in [0.2, 0.25) is 0 Å². The summed E-state index contributed by atoms with van der Waals surface area (Å²) in [6.07, 6.45) is 7.41. The van der Waals surface area contributed by atoms with Crippen LogP contribution in [-0.2, 0) is 6.54 Å². The van der Waals surface area contributed by atoms with Crippen molar-refractivity contribution in [2.24, 2.45) is 5.92 Å². The van der Waals surface area contributed by atoms with Crippen LogP contribution >= 0.6 is 0 Å². The second-order valence-corrected chi connectivity index (χ2v) is 6.75. The monoisotopic (exact) mass is 350 g/mol. The Kier molecular flexibility index (Phi) is 6.45. The molecule has 1 aliphatic heterocycles. The van der Waals surface area contributed by atoms with E-state index in [4.69, 9.17) is 10.00 Å². The summed E-state index contributed by atoms with van der Waals surface area (Å²) in [6, 6.07) is 12.1. The highest BCUT2D eigenvalue weighted by Crippen LogP contribution is 2.24. The van der Waals surface area contributed by atoms with E-state index in [-0.39, 0.29) is 0 Å². The first-order valence-corrected chi connectivity index (χ1v) is 9.23. The lowest BCUT2D eigenvalue weighted by Gasteiger charge is -2.33. The number of ether oxygens (including phenoxy) is 1. The summed E-state index contributed by atoms with van der Waals surface area (Å²) >= 11 is 0. The van der Waals surface area contributed by atoms with Crippen molar-refractivity contribution in [2.75, 3.05) is 31.6 Å². The number of benzene rings is 1. The second-order valence-electron chi connectivity index (χ2n) is 6.75. The lowest BCUT2D eigenvalue weighted by atomic mass is 9.93. The molecule has 0 atom stereocenters. The number of hydrogen-bond donors (Lipinski definition) is 1. The van der Waals surface area contributed by atoms with E-state index in [1.165, 1.54) is 24.9 Å². The van der Waals surface area contributed by atoms with E-state index in [1.807, 2.05) is 30.6 Å². The van der Waals surface area contributed by atoms with E-state index < -0.39 is 0 Å². The number of hydrogen-bond acceptors (Lipinski definition) is 5. The van der Waals surface area contributed by atoms with Gasteiger partial charge in [0.15, 0.2) is 0 Å². The largest absolute Gasteiger partial charge is 0.495 e. The maximum absolute atomic E-state index is 9.16. The van der Waals surface area contributed by atoms with Crippen molar-refractivity contribution in [3.63, 3.8) is 0 Å². The van der Waals surface area contributed by atoms with E-state index in [9.17, 15) is 0 Å². The molecule has 2 aromatic rings. The van der Waals surface area contributed by atoms with Gasteiger partial charge in [0.25, 0.3) is 0 Å². The third-order valence-electron chi connectivity index (χ3n) is 5.09. The lowest BCUT2D eigenvalue weighted by Crippen LogP contribution is -2.34. The average molecular weight is 350 g/mol. The van der Waals surface area contributed by atoms with Gasteiger partial charge in [-0.05, 0) is 61.6 Å². The standard InChI is InChI=1S/C21H26N4O/c1-26-21-3-2-18(14-19(21)15-22)16-24-9-4-17-7-12-25(13-8-17)20-5-10-23-11-6-20/h2-3,5-6,10-11,14,17,24H,4,7-9,12-13,16H2,1H3. The van der Waals surface area contributed by atoms with Crippen LogP contribution in [0.1, 0.15) is 30.4 Å². The Morgan fingerprint density at radius 3 is 2.69 bits per heavy atom. The van der Waals surface area contributed by atoms with Crippen LogP contribution in [0.3, 0.4) is 0 Å². The van der Waals surface area contributed by atoms with Crippen molar-refractivity contribution in [2.45, 2.75) is 25.8 Å². The normalized spacial score (nSPS) is 14.8. The first-order chi connectivity index (χ1) is 12.8. The number of piperidine rings is 1. The van der Waals surface area contributed by atoms with Crippen molar-refractivity contribution >= 4 is 5.69 Å². The number of rotatable bonds is 7. The van der Waals surface area contributed by atoms with Crippen LogP contribution in [0.4, 0.5) is 5.69 Å². The maximum Gasteiger partial charge on any atom is 0.136 e. The SMILES string of the molecule is COc1ccc(CNCCC2CCN(c3ccncc3)CC2)cc1C#N. The smallest absolute Gasteiger partial charge is 0.136 e. The first-order valence-electron chi connectivity index (χ1n) is 9.23. The number of nitrogens with one attached hydrogen (secondary N) is 1. The Bertz CT molecular complexity index is 733. The van der Waals surface area contributed by atoms with Crippen LogP contribution in [0.25, 0.3) is 0 Å². The number of methoxy groups -OCH3 is 1. The van der Waals surface area contributed by atoms with Crippen LogP contribution in [0.2, 0.25) is 0 Å². The van der Waals surface area contributed by atoms with Gasteiger partial charge in [-0.15, -0.1) is 0 Å². The van der Waals surface area contributed by atoms with E-state index in [0.717, 1.165) is 37.7 Å². The Labute approximate surface area is 155 Å². The minimum atomic E-state index is 0.593. The predicted octanol–water partition coefficient (Wildman–Crippen LogP) is 3.36. The molecule has 1 N–H and O–H groups in total. The molecule has 1 saturated heterocycles. The molecule has 0 aliphatic carbocycles. The average Bonchev–Trinajstić information content (AvgIpc) is 2.72. The van der Waals surface area contributed by atoms with Crippen LogP contribution in [0.5, 0.6) is 5.75 Å². The van der Waals surface area contributed by atoms with Crippen LogP contribution in [0, 0.1) is 17.2 Å². The third kappa shape index (κ3) is 4.74. The van der Waals surface area contributed by atoms with Gasteiger partial charge in [-0.3, -0.25) is 4.98 Å². The van der Waals surface area contributed by atoms with E-state index in [0.29, 0.717) is 11.3 Å². The van der Waals surface area contributed by atoms with Gasteiger partial charge in [-0.25, -0.2) is 0 Å². The molecule has 0 bridgehead atoms. The van der Waals surface area contributed by atoms with E-state index in [2.05, 4.69) is 33.4 Å². The molecule has 26 heavy (non-hydrogen) atoms. The molecule has 1 aromatic carbocycles. The molecule has 5 nitrogen and oxygen atoms in total. The molecule has 1 aliphatic rings. The molecule has 0 saturated carbocycles. The summed E-state index contributed by atoms with van der Waals surface area (Å²) in [6.45, 7) is 4.04. The molecule has 3 rings (SSSR count). The summed E-state index contributed by atoms with van der Waals surface area (Å²) in [5.74, 6) is 1.42. The summed E-state index contributed by atoms with van der Waals surface area (Å²) < 4.78 is 5.19. The fourth-order valence-electron chi connectivity index (χ4n) is 3.53. The number of anilines is 1. The van der Waals surface area contributed by atoms with Gasteiger partial charge in [0.1, 0.15) is 11.8 Å². The van der Waals surface area contributed by atoms with Gasteiger partial charge >= 0.3 is 0 Å². The van der Waals surface area contributed by atoms with Crippen molar-refractivity contribution < 1.29 is 4.74 Å². The van der Waals surface area contributed by atoms with Crippen molar-refractivity contribution in [3.05, 3.63) is 53.9 Å². The fourth-order valence-corrected chi connectivity index (χ4v) is 3.53. The minimum absolute atomic E-state index is 0.593. The summed E-state index contributed by atoms with van der Waals surface area (Å²) in [4.78, 5) is 6.54. The summed E-state index contributed by atoms with van der Waals surface area (Å²) in [5, 5.41) is 12.7. The second kappa shape index (κ2) is 9.21. The zero-order valence-electron chi connectivity index (χ0n) is 15.3.